The third-order valence-electron chi connectivity index (χ3n) is 1.72. The minimum absolute atomic E-state index is 0.217. The Morgan fingerprint density at radius 1 is 1.54 bits per heavy atom. The van der Waals surface area contributed by atoms with Crippen molar-refractivity contribution >= 4 is 17.9 Å². The number of aromatic amines is 1. The Bertz CT molecular complexity index is 569. The second-order valence-corrected chi connectivity index (χ2v) is 3.17. The van der Waals surface area contributed by atoms with Crippen molar-refractivity contribution in [3.63, 3.8) is 0 Å². The first-order valence-corrected chi connectivity index (χ1v) is 4.17. The molecule has 0 amide bonds. The first kappa shape index (κ1) is 8.12. The molecule has 2 aromatic rings. The molecule has 0 saturated heterocycles. The van der Waals surface area contributed by atoms with Crippen LogP contribution in [0.5, 0.6) is 0 Å². The summed E-state index contributed by atoms with van der Waals surface area (Å²) in [6, 6.07) is 3.65. The molecule has 0 aromatic carbocycles. The smallest absolute Gasteiger partial charge is 0.282 e. The van der Waals surface area contributed by atoms with Crippen LogP contribution < -0.4 is 5.69 Å². The lowest BCUT2D eigenvalue weighted by atomic mass is 10.3. The number of fused-ring (bicyclic) bond motifs is 1. The molecule has 0 saturated carbocycles. The number of pyridine rings is 1. The SMILES string of the molecule is Cc1ccc2nc(=S)[nH]c(=O)n2c1. The number of aromatic nitrogens is 3. The Kier molecular flexibility index (Phi) is 1.73. The Balaban J connectivity index is 3.04. The molecule has 5 heteroatoms. The molecule has 2 heterocycles. The van der Waals surface area contributed by atoms with Crippen molar-refractivity contribution in [2.24, 2.45) is 0 Å². The molecular weight excluding hydrogens is 186 g/mol. The van der Waals surface area contributed by atoms with Crippen LogP contribution in [0, 0.1) is 11.7 Å². The third-order valence-corrected chi connectivity index (χ3v) is 1.92. The molecule has 66 valence electrons. The highest BCUT2D eigenvalue weighted by atomic mass is 32.1. The number of rotatable bonds is 0. The highest BCUT2D eigenvalue weighted by molar-refractivity contribution is 7.71. The lowest BCUT2D eigenvalue weighted by molar-refractivity contribution is 0.921. The van der Waals surface area contributed by atoms with Crippen LogP contribution in [0.2, 0.25) is 0 Å². The van der Waals surface area contributed by atoms with Crippen molar-refractivity contribution in [3.8, 4) is 0 Å². The normalized spacial score (nSPS) is 10.5. The Labute approximate surface area is 78.9 Å². The lowest BCUT2D eigenvalue weighted by Crippen LogP contribution is -2.18. The van der Waals surface area contributed by atoms with Gasteiger partial charge in [0.2, 0.25) is 4.77 Å². The Morgan fingerprint density at radius 2 is 2.31 bits per heavy atom. The predicted molar refractivity (Wildman–Crippen MR) is 51.4 cm³/mol. The van der Waals surface area contributed by atoms with Gasteiger partial charge in [-0.3, -0.25) is 9.38 Å². The summed E-state index contributed by atoms with van der Waals surface area (Å²) in [6.45, 7) is 1.91. The average Bonchev–Trinajstić information content (AvgIpc) is 2.06. The van der Waals surface area contributed by atoms with Crippen molar-refractivity contribution in [3.05, 3.63) is 39.1 Å². The molecule has 0 unspecified atom stereocenters. The van der Waals surface area contributed by atoms with E-state index < -0.39 is 0 Å². The number of nitrogens with one attached hydrogen (secondary N) is 1. The maximum atomic E-state index is 11.4. The van der Waals surface area contributed by atoms with E-state index in [2.05, 4.69) is 9.97 Å². The van der Waals surface area contributed by atoms with Crippen LogP contribution in [0.15, 0.2) is 23.1 Å². The maximum absolute atomic E-state index is 11.4. The van der Waals surface area contributed by atoms with Crippen LogP contribution in [0.1, 0.15) is 5.56 Å². The van der Waals surface area contributed by atoms with Crippen molar-refractivity contribution < 1.29 is 0 Å². The molecule has 0 fully saturated rings. The van der Waals surface area contributed by atoms with Crippen molar-refractivity contribution in [2.45, 2.75) is 6.92 Å². The number of hydrogen-bond donors (Lipinski definition) is 1. The largest absolute Gasteiger partial charge is 0.333 e. The molecule has 0 atom stereocenters. The second kappa shape index (κ2) is 2.77. The second-order valence-electron chi connectivity index (χ2n) is 2.78. The van der Waals surface area contributed by atoms with Gasteiger partial charge in [0, 0.05) is 6.20 Å². The highest BCUT2D eigenvalue weighted by Gasteiger charge is 1.96. The lowest BCUT2D eigenvalue weighted by Gasteiger charge is -1.99. The molecule has 4 nitrogen and oxygen atoms in total. The van der Waals surface area contributed by atoms with E-state index in [0.717, 1.165) is 5.56 Å². The zero-order valence-corrected chi connectivity index (χ0v) is 7.76. The van der Waals surface area contributed by atoms with Gasteiger partial charge < -0.3 is 0 Å². The van der Waals surface area contributed by atoms with Crippen LogP contribution in [0.4, 0.5) is 0 Å². The number of nitrogens with zero attached hydrogens (tertiary/aromatic N) is 2. The van der Waals surface area contributed by atoms with Gasteiger partial charge in [-0.2, -0.15) is 0 Å². The minimum Gasteiger partial charge on any atom is -0.282 e. The molecule has 0 spiro atoms. The van der Waals surface area contributed by atoms with Gasteiger partial charge in [0.25, 0.3) is 0 Å². The van der Waals surface area contributed by atoms with Crippen molar-refractivity contribution in [1.29, 1.82) is 0 Å². The van der Waals surface area contributed by atoms with E-state index in [0.29, 0.717) is 5.65 Å². The molecule has 1 N–H and O–H groups in total. The Hall–Kier alpha value is -1.49. The first-order valence-electron chi connectivity index (χ1n) is 3.76. The third kappa shape index (κ3) is 1.38. The monoisotopic (exact) mass is 193 g/mol. The van der Waals surface area contributed by atoms with Gasteiger partial charge in [-0.25, -0.2) is 9.78 Å². The van der Waals surface area contributed by atoms with Gasteiger partial charge in [0.1, 0.15) is 5.65 Å². The van der Waals surface area contributed by atoms with E-state index in [-0.39, 0.29) is 10.5 Å². The summed E-state index contributed by atoms with van der Waals surface area (Å²) in [4.78, 5) is 17.8. The van der Waals surface area contributed by atoms with Crippen molar-refractivity contribution in [2.75, 3.05) is 0 Å². The fraction of sp³-hybridized carbons (Fsp3) is 0.125. The molecular formula is C8H7N3OS. The summed E-state index contributed by atoms with van der Waals surface area (Å²) in [6.07, 6.45) is 1.72. The molecule has 0 aliphatic carbocycles. The zero-order chi connectivity index (χ0) is 9.42. The number of hydrogen-bond acceptors (Lipinski definition) is 3. The molecule has 0 aliphatic heterocycles. The van der Waals surface area contributed by atoms with E-state index in [4.69, 9.17) is 12.2 Å². The maximum Gasteiger partial charge on any atom is 0.333 e. The van der Waals surface area contributed by atoms with Gasteiger partial charge >= 0.3 is 5.69 Å². The fourth-order valence-corrected chi connectivity index (χ4v) is 1.32. The van der Waals surface area contributed by atoms with Gasteiger partial charge in [0.15, 0.2) is 0 Å². The van der Waals surface area contributed by atoms with Gasteiger partial charge in [-0.05, 0) is 30.8 Å². The quantitative estimate of drug-likeness (QED) is 0.636. The summed E-state index contributed by atoms with van der Waals surface area (Å²) in [5, 5.41) is 0. The molecule has 0 radical (unpaired) electrons. The number of aryl methyl sites for hydroxylation is 1. The molecule has 13 heavy (non-hydrogen) atoms. The van der Waals surface area contributed by atoms with Crippen LogP contribution in [0.3, 0.4) is 0 Å². The first-order chi connectivity index (χ1) is 6.16. The zero-order valence-electron chi connectivity index (χ0n) is 6.94. The molecule has 0 bridgehead atoms. The summed E-state index contributed by atoms with van der Waals surface area (Å²) < 4.78 is 1.65. The van der Waals surface area contributed by atoms with Crippen molar-refractivity contribution in [1.82, 2.24) is 14.4 Å². The standard InChI is InChI=1S/C8H7N3OS/c1-5-2-3-6-9-7(13)10-8(12)11(6)4-5/h2-4H,1H3,(H,10,12,13). The van der Waals surface area contributed by atoms with Crippen LogP contribution in [-0.4, -0.2) is 14.4 Å². The van der Waals surface area contributed by atoms with Crippen LogP contribution in [-0.2, 0) is 0 Å². The fourth-order valence-electron chi connectivity index (χ4n) is 1.14. The number of H-pyrrole nitrogens is 1. The van der Waals surface area contributed by atoms with Crippen LogP contribution >= 0.6 is 12.2 Å². The van der Waals surface area contributed by atoms with Gasteiger partial charge in [-0.1, -0.05) is 6.07 Å². The summed E-state index contributed by atoms with van der Waals surface area (Å²) in [5.41, 5.74) is 1.32. The Morgan fingerprint density at radius 3 is 3.08 bits per heavy atom. The molecule has 2 rings (SSSR count). The average molecular weight is 193 g/mol. The summed E-state index contributed by atoms with van der Waals surface area (Å²) >= 11 is 4.78. The topological polar surface area (TPSA) is 50.2 Å². The van der Waals surface area contributed by atoms with Crippen LogP contribution in [0.25, 0.3) is 5.65 Å². The van der Waals surface area contributed by atoms with E-state index in [1.807, 2.05) is 13.0 Å². The highest BCUT2D eigenvalue weighted by Crippen LogP contribution is 1.98. The van der Waals surface area contributed by atoms with Gasteiger partial charge in [-0.15, -0.1) is 0 Å². The molecule has 2 aromatic heterocycles. The van der Waals surface area contributed by atoms with E-state index in [9.17, 15) is 4.79 Å². The molecule has 0 aliphatic rings. The van der Waals surface area contributed by atoms with E-state index in [1.54, 1.807) is 12.3 Å². The van der Waals surface area contributed by atoms with E-state index in [1.165, 1.54) is 4.40 Å². The predicted octanol–water partition coefficient (Wildman–Crippen LogP) is 1.06. The summed E-state index contributed by atoms with van der Waals surface area (Å²) in [7, 11) is 0. The minimum atomic E-state index is -0.251. The van der Waals surface area contributed by atoms with E-state index >= 15 is 0 Å². The van der Waals surface area contributed by atoms with Gasteiger partial charge in [0.05, 0.1) is 0 Å². The summed E-state index contributed by atoms with van der Waals surface area (Å²) in [5.74, 6) is 0.